The van der Waals surface area contributed by atoms with Crippen LogP contribution in [-0.2, 0) is 20.9 Å². The molecule has 0 N–H and O–H groups in total. The lowest BCUT2D eigenvalue weighted by Gasteiger charge is -2.24. The molecule has 0 spiro atoms. The number of hydrogen-bond acceptors (Lipinski definition) is 6. The van der Waals surface area contributed by atoms with Crippen LogP contribution in [0.3, 0.4) is 0 Å². The highest BCUT2D eigenvalue weighted by Gasteiger charge is 2.41. The molecule has 1 fully saturated rings. The molecule has 35 heavy (non-hydrogen) atoms. The van der Waals surface area contributed by atoms with E-state index in [9.17, 15) is 9.59 Å². The zero-order chi connectivity index (χ0) is 24.9. The fraction of sp³-hybridized carbons (Fsp3) is 0.115. The third-order valence-corrected chi connectivity index (χ3v) is 7.28. The minimum Gasteiger partial charge on any atom is -0.489 e. The Balaban J connectivity index is 1.50. The fourth-order valence-corrected chi connectivity index (χ4v) is 5.30. The highest BCUT2D eigenvalue weighted by Crippen LogP contribution is 2.39. The Kier molecular flexibility index (Phi) is 8.13. The van der Waals surface area contributed by atoms with E-state index in [4.69, 9.17) is 44.9 Å². The summed E-state index contributed by atoms with van der Waals surface area (Å²) in [4.78, 5) is 27.5. The zero-order valence-electron chi connectivity index (χ0n) is 18.4. The molecule has 0 radical (unpaired) electrons. The van der Waals surface area contributed by atoms with Gasteiger partial charge in [0.25, 0.3) is 5.91 Å². The normalized spacial score (nSPS) is 15.4. The quantitative estimate of drug-likeness (QED) is 0.188. The summed E-state index contributed by atoms with van der Waals surface area (Å²) < 4.78 is 11.1. The molecule has 1 aliphatic rings. The second-order valence-electron chi connectivity index (χ2n) is 7.45. The van der Waals surface area contributed by atoms with Crippen molar-refractivity contribution in [3.63, 3.8) is 0 Å². The Labute approximate surface area is 222 Å². The summed E-state index contributed by atoms with van der Waals surface area (Å²) in [7, 11) is 1.29. The van der Waals surface area contributed by atoms with Crippen LogP contribution in [0.15, 0.2) is 77.7 Å². The lowest BCUT2D eigenvalue weighted by Crippen LogP contribution is -2.37. The van der Waals surface area contributed by atoms with Gasteiger partial charge >= 0.3 is 5.97 Å². The molecule has 178 valence electrons. The molecule has 1 unspecified atom stereocenters. The maximum Gasteiger partial charge on any atom is 0.333 e. The van der Waals surface area contributed by atoms with E-state index in [0.717, 1.165) is 17.3 Å². The van der Waals surface area contributed by atoms with Crippen LogP contribution in [0, 0.1) is 0 Å². The van der Waals surface area contributed by atoms with E-state index < -0.39 is 12.0 Å². The fourth-order valence-electron chi connectivity index (χ4n) is 3.48. The number of amides is 1. The van der Waals surface area contributed by atoms with Crippen LogP contribution in [0.2, 0.25) is 10.0 Å². The molecule has 0 aromatic heterocycles. The van der Waals surface area contributed by atoms with Gasteiger partial charge in [0.2, 0.25) is 0 Å². The van der Waals surface area contributed by atoms with Gasteiger partial charge in [-0.15, -0.1) is 0 Å². The van der Waals surface area contributed by atoms with Crippen molar-refractivity contribution in [2.24, 2.45) is 0 Å². The van der Waals surface area contributed by atoms with Crippen LogP contribution in [0.5, 0.6) is 5.75 Å². The summed E-state index contributed by atoms with van der Waals surface area (Å²) in [6.07, 6.45) is 1.73. The maximum atomic E-state index is 13.2. The molecule has 1 aliphatic heterocycles. The van der Waals surface area contributed by atoms with Gasteiger partial charge in [0, 0.05) is 15.6 Å². The Hall–Kier alpha value is -2.84. The molecule has 0 aliphatic carbocycles. The first-order chi connectivity index (χ1) is 16.9. The summed E-state index contributed by atoms with van der Waals surface area (Å²) in [6, 6.07) is 20.5. The number of carbonyl (C=O) groups excluding carboxylic acids is 2. The van der Waals surface area contributed by atoms with Gasteiger partial charge in [-0.1, -0.05) is 95.7 Å². The topological polar surface area (TPSA) is 55.8 Å². The third kappa shape index (κ3) is 5.70. The Morgan fingerprint density at radius 3 is 2.31 bits per heavy atom. The lowest BCUT2D eigenvalue weighted by atomic mass is 10.1. The predicted molar refractivity (Wildman–Crippen MR) is 143 cm³/mol. The van der Waals surface area contributed by atoms with Crippen molar-refractivity contribution in [3.8, 4) is 5.75 Å². The molecule has 3 aromatic carbocycles. The van der Waals surface area contributed by atoms with Crippen LogP contribution in [0.25, 0.3) is 6.08 Å². The molecule has 9 heteroatoms. The van der Waals surface area contributed by atoms with Crippen LogP contribution >= 0.6 is 47.2 Å². The van der Waals surface area contributed by atoms with Crippen molar-refractivity contribution in [1.29, 1.82) is 0 Å². The molecule has 1 saturated heterocycles. The number of methoxy groups -OCH3 is 1. The number of thiocarbonyl (C=S) groups is 1. The molecule has 4 rings (SSSR count). The molecule has 1 amide bonds. The van der Waals surface area contributed by atoms with E-state index in [1.807, 2.05) is 18.2 Å². The first kappa shape index (κ1) is 25.3. The number of rotatable bonds is 7. The van der Waals surface area contributed by atoms with Crippen LogP contribution in [0.4, 0.5) is 0 Å². The number of thioether (sulfide) groups is 1. The Bertz CT molecular complexity index is 1280. The Morgan fingerprint density at radius 1 is 1.03 bits per heavy atom. The average Bonchev–Trinajstić information content (AvgIpc) is 3.13. The van der Waals surface area contributed by atoms with Gasteiger partial charge < -0.3 is 9.47 Å². The van der Waals surface area contributed by atoms with Gasteiger partial charge in [-0.2, -0.15) is 0 Å². The van der Waals surface area contributed by atoms with Crippen molar-refractivity contribution in [3.05, 3.63) is 104 Å². The summed E-state index contributed by atoms with van der Waals surface area (Å²) in [5.41, 5.74) is 2.11. The van der Waals surface area contributed by atoms with E-state index in [1.54, 1.807) is 60.7 Å². The minimum atomic E-state index is -0.952. The molecule has 1 atom stereocenters. The van der Waals surface area contributed by atoms with E-state index in [1.165, 1.54) is 12.0 Å². The average molecular weight is 544 g/mol. The van der Waals surface area contributed by atoms with E-state index >= 15 is 0 Å². The maximum absolute atomic E-state index is 13.2. The summed E-state index contributed by atoms with van der Waals surface area (Å²) >= 11 is 19.0. The smallest absolute Gasteiger partial charge is 0.333 e. The van der Waals surface area contributed by atoms with Gasteiger partial charge in [-0.3, -0.25) is 9.69 Å². The van der Waals surface area contributed by atoms with Crippen LogP contribution in [0.1, 0.15) is 22.7 Å². The first-order valence-electron chi connectivity index (χ1n) is 10.4. The third-order valence-electron chi connectivity index (χ3n) is 5.24. The lowest BCUT2D eigenvalue weighted by molar-refractivity contribution is -0.148. The van der Waals surface area contributed by atoms with E-state index in [-0.39, 0.29) is 16.8 Å². The first-order valence-corrected chi connectivity index (χ1v) is 12.4. The predicted octanol–water partition coefficient (Wildman–Crippen LogP) is 6.69. The standard InChI is InChI=1S/C26H19Cl2NO4S2/c1-32-25(31)23(17-6-3-2-4-7-17)29-24(30)22(35-26(29)34)14-16-10-12-18(13-11-16)33-15-19-20(27)8-5-9-21(19)28/h2-14,23H,15H2,1H3/b22-14-. The van der Waals surface area contributed by atoms with Crippen molar-refractivity contribution in [2.75, 3.05) is 7.11 Å². The number of nitrogens with zero attached hydrogens (tertiary/aromatic N) is 1. The highest BCUT2D eigenvalue weighted by molar-refractivity contribution is 8.26. The van der Waals surface area contributed by atoms with Gasteiger partial charge in [0.1, 0.15) is 16.7 Å². The van der Waals surface area contributed by atoms with Gasteiger partial charge in [0.05, 0.1) is 12.0 Å². The Morgan fingerprint density at radius 2 is 1.69 bits per heavy atom. The largest absolute Gasteiger partial charge is 0.489 e. The molecular weight excluding hydrogens is 525 g/mol. The molecule has 5 nitrogen and oxygen atoms in total. The van der Waals surface area contributed by atoms with Gasteiger partial charge in [0.15, 0.2) is 6.04 Å². The number of hydrogen-bond donors (Lipinski definition) is 0. The van der Waals surface area contributed by atoms with E-state index in [2.05, 4.69) is 0 Å². The summed E-state index contributed by atoms with van der Waals surface area (Å²) in [5.74, 6) is -0.290. The zero-order valence-corrected chi connectivity index (χ0v) is 21.6. The van der Waals surface area contributed by atoms with E-state index in [0.29, 0.717) is 31.8 Å². The number of benzene rings is 3. The minimum absolute atomic E-state index is 0.227. The number of esters is 1. The number of carbonyl (C=O) groups is 2. The number of ether oxygens (including phenoxy) is 2. The van der Waals surface area contributed by atoms with Gasteiger partial charge in [-0.25, -0.2) is 4.79 Å². The number of halogens is 2. The van der Waals surface area contributed by atoms with Crippen molar-refractivity contribution in [2.45, 2.75) is 12.6 Å². The molecule has 0 saturated carbocycles. The SMILES string of the molecule is COC(=O)C(c1ccccc1)N1C(=O)/C(=C/c2ccc(OCc3c(Cl)cccc3Cl)cc2)SC1=S. The van der Waals surface area contributed by atoms with Crippen LogP contribution in [-0.4, -0.2) is 28.2 Å². The highest BCUT2D eigenvalue weighted by atomic mass is 35.5. The molecule has 3 aromatic rings. The van der Waals surface area contributed by atoms with Crippen molar-refractivity contribution < 1.29 is 19.1 Å². The van der Waals surface area contributed by atoms with Crippen LogP contribution < -0.4 is 4.74 Å². The molecule has 1 heterocycles. The second kappa shape index (κ2) is 11.3. The monoisotopic (exact) mass is 543 g/mol. The summed E-state index contributed by atoms with van der Waals surface area (Å²) in [5, 5.41) is 1.08. The molecule has 0 bridgehead atoms. The summed E-state index contributed by atoms with van der Waals surface area (Å²) in [6.45, 7) is 0.227. The van der Waals surface area contributed by atoms with Crippen molar-refractivity contribution in [1.82, 2.24) is 4.90 Å². The van der Waals surface area contributed by atoms with Gasteiger partial charge in [-0.05, 0) is 41.5 Å². The van der Waals surface area contributed by atoms with Crippen molar-refractivity contribution >= 4 is 69.5 Å². The second-order valence-corrected chi connectivity index (χ2v) is 9.94. The molecular formula is C26H19Cl2NO4S2.